The van der Waals surface area contributed by atoms with Crippen molar-refractivity contribution in [1.82, 2.24) is 9.29 Å². The molecule has 3 rings (SSSR count). The number of rotatable bonds is 8. The lowest BCUT2D eigenvalue weighted by Gasteiger charge is -2.17. The van der Waals surface area contributed by atoms with Crippen LogP contribution in [-0.2, 0) is 16.6 Å². The first kappa shape index (κ1) is 21.6. The van der Waals surface area contributed by atoms with Crippen LogP contribution in [0.1, 0.15) is 31.5 Å². The molecule has 1 N–H and O–H groups in total. The maximum absolute atomic E-state index is 12.9. The predicted molar refractivity (Wildman–Crippen MR) is 115 cm³/mol. The summed E-state index contributed by atoms with van der Waals surface area (Å²) in [6.45, 7) is 4.28. The standard InChI is InChI=1S/C22H24N4O3S/c1-4-16(2)24-22-20(14-23)25-21(29-22)18-10-12-19(13-11-18)30(27,28)26(3)15-17-8-6-5-7-9-17/h5-13,16,24H,4,15H2,1-3H3/t16-/m1/s1. The number of nitrogens with zero attached hydrogens (tertiary/aromatic N) is 3. The molecule has 30 heavy (non-hydrogen) atoms. The van der Waals surface area contributed by atoms with E-state index in [1.54, 1.807) is 19.2 Å². The number of aromatic nitrogens is 1. The molecule has 0 aliphatic heterocycles. The summed E-state index contributed by atoms with van der Waals surface area (Å²) in [6, 6.07) is 17.9. The second-order valence-corrected chi connectivity index (χ2v) is 9.08. The van der Waals surface area contributed by atoms with Crippen LogP contribution >= 0.6 is 0 Å². The third-order valence-corrected chi connectivity index (χ3v) is 6.60. The highest BCUT2D eigenvalue weighted by Crippen LogP contribution is 2.27. The maximum atomic E-state index is 12.9. The molecule has 0 aliphatic rings. The molecule has 0 saturated carbocycles. The molecule has 3 aromatic rings. The monoisotopic (exact) mass is 424 g/mol. The number of benzene rings is 2. The van der Waals surface area contributed by atoms with Crippen LogP contribution in [0.15, 0.2) is 63.9 Å². The number of sulfonamides is 1. The van der Waals surface area contributed by atoms with Crippen molar-refractivity contribution < 1.29 is 12.8 Å². The van der Waals surface area contributed by atoms with Gasteiger partial charge < -0.3 is 9.73 Å². The second kappa shape index (κ2) is 9.11. The Morgan fingerprint density at radius 3 is 2.43 bits per heavy atom. The SMILES string of the molecule is CC[C@@H](C)Nc1oc(-c2ccc(S(=O)(=O)N(C)Cc3ccccc3)cc2)nc1C#N. The molecule has 1 aromatic heterocycles. The fourth-order valence-corrected chi connectivity index (χ4v) is 3.98. The molecule has 0 aliphatic carbocycles. The van der Waals surface area contributed by atoms with Crippen molar-refractivity contribution in [2.24, 2.45) is 0 Å². The molecule has 0 unspecified atom stereocenters. The van der Waals surface area contributed by atoms with Gasteiger partial charge in [0.1, 0.15) is 6.07 Å². The van der Waals surface area contributed by atoms with E-state index in [1.165, 1.54) is 16.4 Å². The summed E-state index contributed by atoms with van der Waals surface area (Å²) in [7, 11) is -2.09. The number of hydrogen-bond acceptors (Lipinski definition) is 6. The van der Waals surface area contributed by atoms with Crippen LogP contribution in [0, 0.1) is 11.3 Å². The van der Waals surface area contributed by atoms with Crippen LogP contribution in [0.4, 0.5) is 5.88 Å². The van der Waals surface area contributed by atoms with E-state index in [1.807, 2.05) is 50.2 Å². The van der Waals surface area contributed by atoms with Gasteiger partial charge in [-0.3, -0.25) is 0 Å². The van der Waals surface area contributed by atoms with Crippen molar-refractivity contribution in [3.05, 3.63) is 65.9 Å². The average molecular weight is 425 g/mol. The lowest BCUT2D eigenvalue weighted by atomic mass is 10.2. The molecule has 0 radical (unpaired) electrons. The van der Waals surface area contributed by atoms with Crippen LogP contribution in [0.5, 0.6) is 0 Å². The summed E-state index contributed by atoms with van der Waals surface area (Å²) < 4.78 is 32.8. The first-order valence-electron chi connectivity index (χ1n) is 9.63. The van der Waals surface area contributed by atoms with Gasteiger partial charge in [-0.05, 0) is 43.2 Å². The number of nitriles is 1. The maximum Gasteiger partial charge on any atom is 0.243 e. The Labute approximate surface area is 177 Å². The van der Waals surface area contributed by atoms with Crippen molar-refractivity contribution in [2.75, 3.05) is 12.4 Å². The summed E-state index contributed by atoms with van der Waals surface area (Å²) in [6.07, 6.45) is 0.865. The first-order chi connectivity index (χ1) is 14.3. The Morgan fingerprint density at radius 1 is 1.17 bits per heavy atom. The van der Waals surface area contributed by atoms with Crippen molar-refractivity contribution in [3.63, 3.8) is 0 Å². The summed E-state index contributed by atoms with van der Waals surface area (Å²) >= 11 is 0. The summed E-state index contributed by atoms with van der Waals surface area (Å²) in [5.74, 6) is 0.583. The molecule has 0 bridgehead atoms. The van der Waals surface area contributed by atoms with Gasteiger partial charge in [0.15, 0.2) is 0 Å². The van der Waals surface area contributed by atoms with Gasteiger partial charge in [0.25, 0.3) is 0 Å². The normalized spacial score (nSPS) is 12.5. The quantitative estimate of drug-likeness (QED) is 0.580. The summed E-state index contributed by atoms with van der Waals surface area (Å²) in [5.41, 5.74) is 1.67. The van der Waals surface area contributed by atoms with Gasteiger partial charge in [-0.2, -0.15) is 14.6 Å². The molecular weight excluding hydrogens is 400 g/mol. The van der Waals surface area contributed by atoms with Gasteiger partial charge in [-0.15, -0.1) is 0 Å². The Hall–Kier alpha value is -3.15. The van der Waals surface area contributed by atoms with Crippen LogP contribution in [0.25, 0.3) is 11.5 Å². The first-order valence-corrected chi connectivity index (χ1v) is 11.1. The van der Waals surface area contributed by atoms with Gasteiger partial charge >= 0.3 is 0 Å². The topological polar surface area (TPSA) is 99.2 Å². The van der Waals surface area contributed by atoms with E-state index >= 15 is 0 Å². The predicted octanol–water partition coefficient (Wildman–Crippen LogP) is 4.24. The minimum Gasteiger partial charge on any atom is -0.419 e. The highest BCUT2D eigenvalue weighted by atomic mass is 32.2. The molecule has 0 spiro atoms. The smallest absolute Gasteiger partial charge is 0.243 e. The second-order valence-electron chi connectivity index (χ2n) is 7.03. The molecule has 8 heteroatoms. The fraction of sp³-hybridized carbons (Fsp3) is 0.273. The van der Waals surface area contributed by atoms with Crippen molar-refractivity contribution in [3.8, 4) is 17.5 Å². The number of hydrogen-bond donors (Lipinski definition) is 1. The molecule has 156 valence electrons. The van der Waals surface area contributed by atoms with E-state index in [2.05, 4.69) is 10.3 Å². The zero-order chi connectivity index (χ0) is 21.7. The van der Waals surface area contributed by atoms with Crippen LogP contribution < -0.4 is 5.32 Å². The van der Waals surface area contributed by atoms with Crippen LogP contribution in [0.3, 0.4) is 0 Å². The molecule has 1 atom stereocenters. The van der Waals surface area contributed by atoms with E-state index in [0.717, 1.165) is 12.0 Å². The molecule has 7 nitrogen and oxygen atoms in total. The summed E-state index contributed by atoms with van der Waals surface area (Å²) in [4.78, 5) is 4.39. The fourth-order valence-electron chi connectivity index (χ4n) is 2.82. The van der Waals surface area contributed by atoms with E-state index in [0.29, 0.717) is 11.4 Å². The van der Waals surface area contributed by atoms with E-state index in [4.69, 9.17) is 4.42 Å². The Morgan fingerprint density at radius 2 is 1.83 bits per heavy atom. The van der Waals surface area contributed by atoms with Gasteiger partial charge in [0, 0.05) is 25.2 Å². The molecule has 1 heterocycles. The summed E-state index contributed by atoms with van der Waals surface area (Å²) in [5, 5.41) is 12.4. The Kier molecular flexibility index (Phi) is 6.55. The minimum atomic E-state index is -3.65. The van der Waals surface area contributed by atoms with Gasteiger partial charge in [0.2, 0.25) is 27.5 Å². The molecular formula is C22H24N4O3S. The van der Waals surface area contributed by atoms with Gasteiger partial charge in [-0.1, -0.05) is 37.3 Å². The third-order valence-electron chi connectivity index (χ3n) is 4.78. The van der Waals surface area contributed by atoms with Gasteiger partial charge in [0.05, 0.1) is 4.90 Å². The third kappa shape index (κ3) is 4.70. The van der Waals surface area contributed by atoms with Crippen molar-refractivity contribution in [2.45, 2.75) is 37.8 Å². The van der Waals surface area contributed by atoms with Gasteiger partial charge in [-0.25, -0.2) is 8.42 Å². The van der Waals surface area contributed by atoms with Crippen LogP contribution in [-0.4, -0.2) is 30.8 Å². The molecule has 0 saturated heterocycles. The van der Waals surface area contributed by atoms with E-state index in [-0.39, 0.29) is 29.1 Å². The molecule has 2 aromatic carbocycles. The zero-order valence-corrected chi connectivity index (χ0v) is 18.0. The zero-order valence-electron chi connectivity index (χ0n) is 17.2. The number of anilines is 1. The number of nitrogens with one attached hydrogen (secondary N) is 1. The molecule has 0 amide bonds. The average Bonchev–Trinajstić information content (AvgIpc) is 3.17. The number of oxazole rings is 1. The largest absolute Gasteiger partial charge is 0.419 e. The minimum absolute atomic E-state index is 0.130. The lowest BCUT2D eigenvalue weighted by molar-refractivity contribution is 0.466. The van der Waals surface area contributed by atoms with Crippen molar-refractivity contribution >= 4 is 15.9 Å². The Balaban J connectivity index is 1.81. The van der Waals surface area contributed by atoms with Crippen molar-refractivity contribution in [1.29, 1.82) is 5.26 Å². The molecule has 0 fully saturated rings. The van der Waals surface area contributed by atoms with E-state index in [9.17, 15) is 13.7 Å². The Bertz CT molecular complexity index is 1130. The lowest BCUT2D eigenvalue weighted by Crippen LogP contribution is -2.26. The van der Waals surface area contributed by atoms with Crippen LogP contribution in [0.2, 0.25) is 0 Å². The highest BCUT2D eigenvalue weighted by Gasteiger charge is 2.22. The van der Waals surface area contributed by atoms with E-state index < -0.39 is 10.0 Å². The highest BCUT2D eigenvalue weighted by molar-refractivity contribution is 7.89.